The number of benzene rings is 1. The van der Waals surface area contributed by atoms with Gasteiger partial charge in [0.25, 0.3) is 0 Å². The van der Waals surface area contributed by atoms with Gasteiger partial charge in [-0.1, -0.05) is 32.4 Å². The maximum Gasteiger partial charge on any atom is 0.240 e. The van der Waals surface area contributed by atoms with E-state index in [2.05, 4.69) is 19.2 Å². The Morgan fingerprint density at radius 2 is 1.92 bits per heavy atom. The summed E-state index contributed by atoms with van der Waals surface area (Å²) in [5.41, 5.74) is 1.04. The first-order chi connectivity index (χ1) is 11.5. The molecule has 1 aliphatic rings. The van der Waals surface area contributed by atoms with Crippen molar-refractivity contribution in [1.29, 1.82) is 0 Å². The van der Waals surface area contributed by atoms with Gasteiger partial charge < -0.3 is 15.0 Å². The molecule has 0 aliphatic carbocycles. The lowest BCUT2D eigenvalue weighted by molar-refractivity contribution is -0.136. The van der Waals surface area contributed by atoms with Crippen LogP contribution in [0.5, 0.6) is 5.75 Å². The van der Waals surface area contributed by atoms with Gasteiger partial charge in [-0.25, -0.2) is 0 Å². The van der Waals surface area contributed by atoms with Gasteiger partial charge in [0.15, 0.2) is 0 Å². The fourth-order valence-electron chi connectivity index (χ4n) is 3.04. The Morgan fingerprint density at radius 3 is 2.54 bits per heavy atom. The zero-order valence-corrected chi connectivity index (χ0v) is 14.9. The van der Waals surface area contributed by atoms with Crippen molar-refractivity contribution in [3.05, 3.63) is 29.8 Å². The molecule has 5 nitrogen and oxygen atoms in total. The highest BCUT2D eigenvalue weighted by molar-refractivity contribution is 5.85. The predicted octanol–water partition coefficient (Wildman–Crippen LogP) is 2.91. The Balaban J connectivity index is 2.01. The molecule has 1 atom stereocenters. The molecule has 24 heavy (non-hydrogen) atoms. The Kier molecular flexibility index (Phi) is 6.64. The van der Waals surface area contributed by atoms with Gasteiger partial charge >= 0.3 is 0 Å². The number of hydrogen-bond acceptors (Lipinski definition) is 3. The van der Waals surface area contributed by atoms with Crippen LogP contribution in [-0.4, -0.2) is 36.9 Å². The van der Waals surface area contributed by atoms with Crippen molar-refractivity contribution < 1.29 is 14.3 Å². The zero-order valence-electron chi connectivity index (χ0n) is 14.9. The van der Waals surface area contributed by atoms with E-state index in [-0.39, 0.29) is 30.3 Å². The lowest BCUT2D eigenvalue weighted by atomic mass is 9.96. The highest BCUT2D eigenvalue weighted by Gasteiger charge is 2.23. The molecule has 132 valence electrons. The molecule has 1 fully saturated rings. The van der Waals surface area contributed by atoms with Crippen molar-refractivity contribution in [2.45, 2.75) is 45.6 Å². The number of hydrogen-bond donors (Lipinski definition) is 1. The largest absolute Gasteiger partial charge is 0.497 e. The van der Waals surface area contributed by atoms with E-state index in [0.717, 1.165) is 30.6 Å². The molecule has 5 heteroatoms. The van der Waals surface area contributed by atoms with Gasteiger partial charge in [-0.05, 0) is 36.5 Å². The smallest absolute Gasteiger partial charge is 0.240 e. The fourth-order valence-corrected chi connectivity index (χ4v) is 3.04. The van der Waals surface area contributed by atoms with Crippen molar-refractivity contribution in [3.8, 4) is 5.75 Å². The van der Waals surface area contributed by atoms with Crippen molar-refractivity contribution in [1.82, 2.24) is 10.2 Å². The number of amides is 2. The van der Waals surface area contributed by atoms with Gasteiger partial charge in [-0.15, -0.1) is 0 Å². The molecule has 0 saturated carbocycles. The second-order valence-corrected chi connectivity index (χ2v) is 6.69. The SMILES string of the molecule is COc1ccc([C@@H](NC(=O)CN2CCCCCC2=O)C(C)C)cc1. The van der Waals surface area contributed by atoms with Crippen LogP contribution in [0, 0.1) is 5.92 Å². The lowest BCUT2D eigenvalue weighted by Crippen LogP contribution is -2.42. The molecule has 0 spiro atoms. The van der Waals surface area contributed by atoms with E-state index in [9.17, 15) is 9.59 Å². The number of rotatable bonds is 6. The summed E-state index contributed by atoms with van der Waals surface area (Å²) in [5.74, 6) is 1.04. The number of methoxy groups -OCH3 is 1. The maximum absolute atomic E-state index is 12.5. The number of ether oxygens (including phenoxy) is 1. The predicted molar refractivity (Wildman–Crippen MR) is 93.8 cm³/mol. The molecule has 0 radical (unpaired) electrons. The Bertz CT molecular complexity index is 554. The first-order valence-corrected chi connectivity index (χ1v) is 8.72. The molecule has 1 heterocycles. The standard InChI is InChI=1S/C19H28N2O3/c1-14(2)19(15-8-10-16(24-3)11-9-15)20-17(22)13-21-12-6-4-5-7-18(21)23/h8-11,14,19H,4-7,12-13H2,1-3H3,(H,20,22)/t19-/m0/s1. The van der Waals surface area contributed by atoms with Crippen LogP contribution in [0.3, 0.4) is 0 Å². The second kappa shape index (κ2) is 8.71. The average molecular weight is 332 g/mol. The lowest BCUT2D eigenvalue weighted by Gasteiger charge is -2.26. The van der Waals surface area contributed by atoms with Crippen LogP contribution in [0.4, 0.5) is 0 Å². The molecule has 1 aliphatic heterocycles. The van der Waals surface area contributed by atoms with Crippen molar-refractivity contribution >= 4 is 11.8 Å². The van der Waals surface area contributed by atoms with E-state index >= 15 is 0 Å². The molecule has 1 N–H and O–H groups in total. The maximum atomic E-state index is 12.5. The molecule has 2 amide bonds. The third-order valence-corrected chi connectivity index (χ3v) is 4.46. The van der Waals surface area contributed by atoms with Crippen LogP contribution < -0.4 is 10.1 Å². The van der Waals surface area contributed by atoms with Crippen molar-refractivity contribution in [2.75, 3.05) is 20.2 Å². The normalized spacial score (nSPS) is 16.7. The van der Waals surface area contributed by atoms with Gasteiger partial charge in [-0.3, -0.25) is 9.59 Å². The molecule has 1 aromatic rings. The van der Waals surface area contributed by atoms with Gasteiger partial charge in [0, 0.05) is 13.0 Å². The number of nitrogens with one attached hydrogen (secondary N) is 1. The summed E-state index contributed by atoms with van der Waals surface area (Å²) < 4.78 is 5.18. The first-order valence-electron chi connectivity index (χ1n) is 8.72. The Labute approximate surface area is 144 Å². The van der Waals surface area contributed by atoms with Gasteiger partial charge in [0.1, 0.15) is 5.75 Å². The zero-order chi connectivity index (χ0) is 17.5. The quantitative estimate of drug-likeness (QED) is 0.871. The summed E-state index contributed by atoms with van der Waals surface area (Å²) in [4.78, 5) is 26.2. The molecule has 2 rings (SSSR count). The minimum Gasteiger partial charge on any atom is -0.497 e. The van der Waals surface area contributed by atoms with Crippen molar-refractivity contribution in [3.63, 3.8) is 0 Å². The third-order valence-electron chi connectivity index (χ3n) is 4.46. The van der Waals surface area contributed by atoms with Crippen LogP contribution in [0.2, 0.25) is 0 Å². The number of nitrogens with zero attached hydrogens (tertiary/aromatic N) is 1. The first kappa shape index (κ1) is 18.3. The average Bonchev–Trinajstić information content (AvgIpc) is 2.77. The Hall–Kier alpha value is -2.04. The second-order valence-electron chi connectivity index (χ2n) is 6.69. The van der Waals surface area contributed by atoms with Gasteiger partial charge in [0.2, 0.25) is 11.8 Å². The fraction of sp³-hybridized carbons (Fsp3) is 0.579. The number of likely N-dealkylation sites (tertiary alicyclic amines) is 1. The highest BCUT2D eigenvalue weighted by Crippen LogP contribution is 2.24. The topological polar surface area (TPSA) is 58.6 Å². The van der Waals surface area contributed by atoms with Crippen LogP contribution >= 0.6 is 0 Å². The van der Waals surface area contributed by atoms with Gasteiger partial charge in [-0.2, -0.15) is 0 Å². The molecule has 1 aromatic carbocycles. The number of carbonyl (C=O) groups excluding carboxylic acids is 2. The highest BCUT2D eigenvalue weighted by atomic mass is 16.5. The van der Waals surface area contributed by atoms with Crippen LogP contribution in [0.25, 0.3) is 0 Å². The molecule has 0 unspecified atom stereocenters. The molecular formula is C19H28N2O3. The van der Waals surface area contributed by atoms with Crippen LogP contribution in [0.1, 0.15) is 51.1 Å². The molecule has 0 aromatic heterocycles. The summed E-state index contributed by atoms with van der Waals surface area (Å²) in [7, 11) is 1.63. The van der Waals surface area contributed by atoms with E-state index in [0.29, 0.717) is 13.0 Å². The summed E-state index contributed by atoms with van der Waals surface area (Å²) in [6.45, 7) is 4.98. The van der Waals surface area contributed by atoms with Crippen LogP contribution in [0.15, 0.2) is 24.3 Å². The van der Waals surface area contributed by atoms with Crippen LogP contribution in [-0.2, 0) is 9.59 Å². The number of carbonyl (C=O) groups is 2. The molecule has 1 saturated heterocycles. The summed E-state index contributed by atoms with van der Waals surface area (Å²) in [6.07, 6.45) is 3.52. The summed E-state index contributed by atoms with van der Waals surface area (Å²) in [6, 6.07) is 7.66. The van der Waals surface area contributed by atoms with E-state index in [1.807, 2.05) is 24.3 Å². The molecular weight excluding hydrogens is 304 g/mol. The Morgan fingerprint density at radius 1 is 1.21 bits per heavy atom. The summed E-state index contributed by atoms with van der Waals surface area (Å²) in [5, 5.41) is 3.08. The minimum absolute atomic E-state index is 0.0783. The minimum atomic E-state index is -0.0974. The van der Waals surface area contributed by atoms with Gasteiger partial charge in [0.05, 0.1) is 19.7 Å². The van der Waals surface area contributed by atoms with Crippen molar-refractivity contribution in [2.24, 2.45) is 5.92 Å². The van der Waals surface area contributed by atoms with E-state index in [4.69, 9.17) is 4.74 Å². The van der Waals surface area contributed by atoms with E-state index < -0.39 is 0 Å². The van der Waals surface area contributed by atoms with E-state index in [1.54, 1.807) is 12.0 Å². The van der Waals surface area contributed by atoms with E-state index in [1.165, 1.54) is 0 Å². The monoisotopic (exact) mass is 332 g/mol. The third kappa shape index (κ3) is 4.98. The summed E-state index contributed by atoms with van der Waals surface area (Å²) >= 11 is 0. The molecule has 0 bridgehead atoms.